The lowest BCUT2D eigenvalue weighted by atomic mass is 9.47. The van der Waals surface area contributed by atoms with Crippen LogP contribution in [0.4, 0.5) is 0 Å². The summed E-state index contributed by atoms with van der Waals surface area (Å²) in [6.45, 7) is 23.5. The minimum absolute atomic E-state index is 0. The van der Waals surface area contributed by atoms with Crippen molar-refractivity contribution in [1.29, 1.82) is 0 Å². The molecular formula is C34H70O2. The van der Waals surface area contributed by atoms with Gasteiger partial charge < -0.3 is 10.6 Å². The summed E-state index contributed by atoms with van der Waals surface area (Å²) >= 11 is 0. The molecule has 0 amide bonds. The van der Waals surface area contributed by atoms with Crippen molar-refractivity contribution in [1.82, 2.24) is 0 Å². The van der Waals surface area contributed by atoms with Crippen LogP contribution in [0.3, 0.4) is 0 Å². The van der Waals surface area contributed by atoms with Crippen LogP contribution in [0.5, 0.6) is 0 Å². The van der Waals surface area contributed by atoms with E-state index in [2.05, 4.69) is 75.3 Å². The molecule has 0 bridgehead atoms. The van der Waals surface area contributed by atoms with E-state index in [1.165, 1.54) is 70.6 Å². The zero-order chi connectivity index (χ0) is 26.4. The average molecular weight is 511 g/mol. The summed E-state index contributed by atoms with van der Waals surface area (Å²) in [5, 5.41) is 10.2. The zero-order valence-corrected chi connectivity index (χ0v) is 26.2. The Morgan fingerprint density at radius 1 is 0.972 bits per heavy atom. The zero-order valence-electron chi connectivity index (χ0n) is 26.2. The first-order valence-electron chi connectivity index (χ1n) is 15.7. The van der Waals surface area contributed by atoms with Gasteiger partial charge in [-0.05, 0) is 104 Å². The number of hydrogen-bond donors (Lipinski definition) is 1. The fourth-order valence-corrected chi connectivity index (χ4v) is 8.77. The van der Waals surface area contributed by atoms with Gasteiger partial charge in [-0.25, -0.2) is 0 Å². The quantitative estimate of drug-likeness (QED) is 0.376. The summed E-state index contributed by atoms with van der Waals surface area (Å²) in [7, 11) is 0. The highest BCUT2D eigenvalue weighted by molar-refractivity contribution is 5.25. The monoisotopic (exact) mass is 511 g/mol. The number of aliphatic hydroxyl groups is 1. The maximum absolute atomic E-state index is 10.2. The molecule has 0 spiro atoms. The van der Waals surface area contributed by atoms with Crippen molar-refractivity contribution in [2.24, 2.45) is 45.8 Å². The average Bonchev–Trinajstić information content (AvgIpc) is 3.12. The van der Waals surface area contributed by atoms with Crippen LogP contribution in [-0.4, -0.2) is 16.7 Å². The van der Waals surface area contributed by atoms with Crippen LogP contribution in [0.1, 0.15) is 156 Å². The van der Waals surface area contributed by atoms with Gasteiger partial charge in [-0.2, -0.15) is 0 Å². The van der Waals surface area contributed by atoms with Gasteiger partial charge in [-0.1, -0.05) is 107 Å². The second-order valence-corrected chi connectivity index (χ2v) is 14.7. The maximum Gasteiger partial charge on any atom is 0.0577 e. The Hall–Kier alpha value is -0.340. The second-order valence-electron chi connectivity index (χ2n) is 14.7. The number of hydrogen-bond acceptors (Lipinski definition) is 1. The van der Waals surface area contributed by atoms with Gasteiger partial charge in [-0.15, -0.1) is 0 Å². The Bertz CT molecular complexity index is 670. The molecule has 4 aliphatic carbocycles. The molecule has 3 unspecified atom stereocenters. The standard InChI is InChI=1S/C28H48O.2C3H8.H2O.2H2/c1-19(8-7-15-26(2,3)4)23-11-12-24-22-10-9-20-18-21(29)13-16-27(20,5)25(22)14-17-28(23,24)6;2*1-3-2;;;/h9,19,21-25,29H,7-8,10-18H2,1-6H3;2*3H2,1-2H3;1H2;2*1H/t19-,21+,22+,23?,24?,25?,27+,28-;;;;;/m1...../s1. The fraction of sp³-hybridized carbons (Fsp3) is 0.941. The molecule has 3 saturated carbocycles. The Morgan fingerprint density at radius 2 is 1.58 bits per heavy atom. The molecule has 2 nitrogen and oxygen atoms in total. The van der Waals surface area contributed by atoms with Crippen molar-refractivity contribution in [3.05, 3.63) is 11.6 Å². The summed E-state index contributed by atoms with van der Waals surface area (Å²) in [6.07, 6.45) is 19.6. The van der Waals surface area contributed by atoms with Crippen LogP contribution in [0.25, 0.3) is 0 Å². The van der Waals surface area contributed by atoms with Crippen molar-refractivity contribution >= 4 is 0 Å². The van der Waals surface area contributed by atoms with Crippen LogP contribution in [0.15, 0.2) is 11.6 Å². The minimum Gasteiger partial charge on any atom is -0.412 e. The third-order valence-electron chi connectivity index (χ3n) is 10.4. The molecule has 3 fully saturated rings. The Labute approximate surface area is 229 Å². The van der Waals surface area contributed by atoms with E-state index in [4.69, 9.17) is 0 Å². The molecule has 0 aliphatic heterocycles. The molecule has 4 rings (SSSR count). The first kappa shape index (κ1) is 33.7. The summed E-state index contributed by atoms with van der Waals surface area (Å²) in [5.41, 5.74) is 3.07. The Kier molecular flexibility index (Phi) is 13.3. The minimum atomic E-state index is -0.0791. The summed E-state index contributed by atoms with van der Waals surface area (Å²) < 4.78 is 0. The van der Waals surface area contributed by atoms with Gasteiger partial charge in [0.05, 0.1) is 6.10 Å². The number of rotatable bonds is 4. The van der Waals surface area contributed by atoms with Gasteiger partial charge in [0.2, 0.25) is 0 Å². The van der Waals surface area contributed by atoms with Gasteiger partial charge >= 0.3 is 0 Å². The summed E-state index contributed by atoms with van der Waals surface area (Å²) in [5.74, 6) is 4.56. The molecule has 0 saturated heterocycles. The van der Waals surface area contributed by atoms with Crippen molar-refractivity contribution < 1.29 is 13.4 Å². The molecule has 36 heavy (non-hydrogen) atoms. The SMILES string of the molecule is CCC.CCC.C[C@H](CCCC(C)(C)C)C1CCC2[C@@H]3CC=C4C[C@@H](O)CC[C@]4(C)C3CC[C@@]21C.O.[HH].[HH]. The molecule has 0 radical (unpaired) electrons. The van der Waals surface area contributed by atoms with Crippen LogP contribution in [0, 0.1) is 45.8 Å². The largest absolute Gasteiger partial charge is 0.412 e. The number of aliphatic hydroxyl groups excluding tert-OH is 1. The van der Waals surface area contributed by atoms with Crippen LogP contribution < -0.4 is 0 Å². The van der Waals surface area contributed by atoms with E-state index in [1.807, 2.05) is 0 Å². The van der Waals surface area contributed by atoms with Crippen molar-refractivity contribution in [2.45, 2.75) is 159 Å². The highest BCUT2D eigenvalue weighted by Gasteiger charge is 2.59. The second kappa shape index (κ2) is 14.2. The van der Waals surface area contributed by atoms with E-state index >= 15 is 0 Å². The van der Waals surface area contributed by atoms with Gasteiger partial charge in [0.15, 0.2) is 0 Å². The van der Waals surface area contributed by atoms with E-state index in [9.17, 15) is 5.11 Å². The first-order chi connectivity index (χ1) is 16.4. The topological polar surface area (TPSA) is 51.7 Å². The lowest BCUT2D eigenvalue weighted by Gasteiger charge is -2.58. The molecule has 0 aromatic heterocycles. The third-order valence-corrected chi connectivity index (χ3v) is 10.4. The van der Waals surface area contributed by atoms with E-state index in [1.54, 1.807) is 5.57 Å². The predicted octanol–water partition coefficient (Wildman–Crippen LogP) is 10.3. The van der Waals surface area contributed by atoms with E-state index in [0.717, 1.165) is 42.4 Å². The molecular weight excluding hydrogens is 440 g/mol. The normalized spacial score (nSPS) is 37.9. The number of allylic oxidation sites excluding steroid dienone is 1. The van der Waals surface area contributed by atoms with Gasteiger partial charge in [0.1, 0.15) is 0 Å². The first-order valence-corrected chi connectivity index (χ1v) is 15.7. The van der Waals surface area contributed by atoms with E-state index in [0.29, 0.717) is 16.2 Å². The highest BCUT2D eigenvalue weighted by atomic mass is 16.3. The van der Waals surface area contributed by atoms with E-state index < -0.39 is 0 Å². The van der Waals surface area contributed by atoms with Gasteiger partial charge in [0.25, 0.3) is 0 Å². The summed E-state index contributed by atoms with van der Waals surface area (Å²) in [6, 6.07) is 0. The molecule has 2 heteroatoms. The van der Waals surface area contributed by atoms with Crippen LogP contribution >= 0.6 is 0 Å². The highest BCUT2D eigenvalue weighted by Crippen LogP contribution is 2.67. The van der Waals surface area contributed by atoms with Crippen molar-refractivity contribution in [2.75, 3.05) is 0 Å². The smallest absolute Gasteiger partial charge is 0.0577 e. The molecule has 218 valence electrons. The molecule has 0 aromatic rings. The lowest BCUT2D eigenvalue weighted by molar-refractivity contribution is -0.0573. The van der Waals surface area contributed by atoms with Gasteiger partial charge in [-0.3, -0.25) is 0 Å². The van der Waals surface area contributed by atoms with Crippen LogP contribution in [-0.2, 0) is 0 Å². The summed E-state index contributed by atoms with van der Waals surface area (Å²) in [4.78, 5) is 0. The molecule has 8 atom stereocenters. The molecule has 3 N–H and O–H groups in total. The lowest BCUT2D eigenvalue weighted by Crippen LogP contribution is -2.50. The molecule has 0 aromatic carbocycles. The van der Waals surface area contributed by atoms with Crippen molar-refractivity contribution in [3.63, 3.8) is 0 Å². The third kappa shape index (κ3) is 7.62. The van der Waals surface area contributed by atoms with Gasteiger partial charge in [0, 0.05) is 2.85 Å². The molecule has 4 aliphatic rings. The van der Waals surface area contributed by atoms with Crippen molar-refractivity contribution in [3.8, 4) is 0 Å². The Morgan fingerprint density at radius 3 is 2.17 bits per heavy atom. The maximum atomic E-state index is 10.2. The van der Waals surface area contributed by atoms with Crippen LogP contribution in [0.2, 0.25) is 0 Å². The fourth-order valence-electron chi connectivity index (χ4n) is 8.77. The Balaban J connectivity index is 0. The number of fused-ring (bicyclic) bond motifs is 5. The van der Waals surface area contributed by atoms with E-state index in [-0.39, 0.29) is 14.4 Å². The predicted molar refractivity (Wildman–Crippen MR) is 163 cm³/mol. The molecule has 0 heterocycles.